The Hall–Kier alpha value is -3.33. The minimum atomic E-state index is -0.560. The van der Waals surface area contributed by atoms with Crippen LogP contribution in [0.2, 0.25) is 0 Å². The second-order valence-corrected chi connectivity index (χ2v) is 10.2. The fraction of sp³-hybridized carbons (Fsp3) is 0.444. The number of nitrogens with one attached hydrogen (secondary N) is 1. The highest BCUT2D eigenvalue weighted by Crippen LogP contribution is 2.42. The minimum Gasteiger partial charge on any atom is -0.481 e. The van der Waals surface area contributed by atoms with Crippen LogP contribution >= 0.6 is 0 Å². The Morgan fingerprint density at radius 3 is 2.67 bits per heavy atom. The van der Waals surface area contributed by atoms with Gasteiger partial charge in [-0.05, 0) is 77.2 Å². The molecule has 0 spiro atoms. The molecule has 2 aromatic rings. The van der Waals surface area contributed by atoms with Crippen molar-refractivity contribution in [1.29, 1.82) is 0 Å². The normalized spacial score (nSPS) is 18.7. The Balaban J connectivity index is 1.70. The Kier molecular flexibility index (Phi) is 7.13. The van der Waals surface area contributed by atoms with Gasteiger partial charge in [0, 0.05) is 30.9 Å². The highest BCUT2D eigenvalue weighted by Gasteiger charge is 2.36. The molecule has 0 bridgehead atoms. The molecule has 2 aliphatic rings. The van der Waals surface area contributed by atoms with Crippen molar-refractivity contribution in [2.75, 3.05) is 18.5 Å². The van der Waals surface area contributed by atoms with Crippen molar-refractivity contribution >= 4 is 29.9 Å². The monoisotopic (exact) mass is 496 g/mol. The summed E-state index contributed by atoms with van der Waals surface area (Å²) in [6.07, 6.45) is 2.66. The molecule has 1 atom stereocenters. The van der Waals surface area contributed by atoms with Crippen LogP contribution in [-0.2, 0) is 13.1 Å². The molecule has 0 saturated heterocycles. The van der Waals surface area contributed by atoms with Crippen LogP contribution in [0.5, 0.6) is 5.75 Å². The van der Waals surface area contributed by atoms with E-state index < -0.39 is 17.2 Å². The summed E-state index contributed by atoms with van der Waals surface area (Å²) in [7, 11) is 2.04. The average Bonchev–Trinajstić information content (AvgIpc) is 3.19. The van der Waals surface area contributed by atoms with E-state index >= 15 is 4.39 Å². The van der Waals surface area contributed by atoms with E-state index in [0.717, 1.165) is 30.6 Å². The van der Waals surface area contributed by atoms with E-state index in [9.17, 15) is 4.39 Å². The molecule has 1 aromatic carbocycles. The molecule has 0 radical (unpaired) electrons. The van der Waals surface area contributed by atoms with Gasteiger partial charge in [-0.3, -0.25) is 4.90 Å². The second-order valence-electron chi connectivity index (χ2n) is 10.2. The lowest BCUT2D eigenvalue weighted by Crippen LogP contribution is -2.50. The number of nitrogens with zero attached hydrogens (tertiary/aromatic N) is 5. The Labute approximate surface area is 211 Å². The van der Waals surface area contributed by atoms with Crippen LogP contribution in [-0.4, -0.2) is 47.8 Å². The third kappa shape index (κ3) is 5.26. The SMILES string of the molecule is C=NC(=Nc1cc2c(cn1)CN(C)C2)N/C(=C(\C)F)c1cc(F)c2c(c1)N(C(C)CC)CC(C)(C)O2. The Bertz CT molecular complexity index is 1240. The van der Waals surface area contributed by atoms with Gasteiger partial charge < -0.3 is 15.0 Å². The second kappa shape index (κ2) is 9.97. The number of aromatic nitrogens is 1. The fourth-order valence-corrected chi connectivity index (χ4v) is 4.64. The number of anilines is 1. The number of fused-ring (bicyclic) bond motifs is 2. The predicted molar refractivity (Wildman–Crippen MR) is 141 cm³/mol. The molecule has 0 saturated carbocycles. The number of halogens is 2. The van der Waals surface area contributed by atoms with Crippen molar-refractivity contribution in [3.05, 3.63) is 52.7 Å². The molecule has 1 unspecified atom stereocenters. The predicted octanol–water partition coefficient (Wildman–Crippen LogP) is 5.58. The minimum absolute atomic E-state index is 0.0534. The molecule has 9 heteroatoms. The van der Waals surface area contributed by atoms with Crippen molar-refractivity contribution in [3.8, 4) is 5.75 Å². The van der Waals surface area contributed by atoms with Crippen molar-refractivity contribution in [1.82, 2.24) is 15.2 Å². The number of rotatable bonds is 5. The first-order chi connectivity index (χ1) is 17.0. The largest absolute Gasteiger partial charge is 0.481 e. The van der Waals surface area contributed by atoms with Crippen molar-refractivity contribution in [3.63, 3.8) is 0 Å². The van der Waals surface area contributed by atoms with E-state index in [4.69, 9.17) is 4.74 Å². The maximum absolute atomic E-state index is 15.4. The molecule has 192 valence electrons. The highest BCUT2D eigenvalue weighted by atomic mass is 19.1. The van der Waals surface area contributed by atoms with Crippen LogP contribution < -0.4 is 15.0 Å². The number of aliphatic imine (C=N–C) groups is 2. The number of guanidine groups is 1. The molecule has 4 rings (SSSR count). The third-order valence-corrected chi connectivity index (χ3v) is 6.57. The average molecular weight is 497 g/mol. The molecule has 7 nitrogen and oxygen atoms in total. The lowest BCUT2D eigenvalue weighted by molar-refractivity contribution is 0.0959. The molecular weight excluding hydrogens is 462 g/mol. The van der Waals surface area contributed by atoms with Crippen LogP contribution in [0, 0.1) is 5.82 Å². The van der Waals surface area contributed by atoms with Crippen molar-refractivity contribution in [2.45, 2.75) is 65.8 Å². The van der Waals surface area contributed by atoms with E-state index in [1.54, 1.807) is 12.3 Å². The topological polar surface area (TPSA) is 65.4 Å². The van der Waals surface area contributed by atoms with Gasteiger partial charge in [-0.2, -0.15) is 4.99 Å². The van der Waals surface area contributed by atoms with Crippen LogP contribution in [0.25, 0.3) is 5.70 Å². The number of hydrogen-bond donors (Lipinski definition) is 1. The van der Waals surface area contributed by atoms with Gasteiger partial charge in [-0.25, -0.2) is 18.8 Å². The number of allylic oxidation sites excluding steroid dienone is 1. The summed E-state index contributed by atoms with van der Waals surface area (Å²) in [6.45, 7) is 15.1. The molecule has 2 aliphatic heterocycles. The van der Waals surface area contributed by atoms with Gasteiger partial charge in [0.1, 0.15) is 11.4 Å². The first-order valence-corrected chi connectivity index (χ1v) is 12.2. The number of pyridine rings is 1. The van der Waals surface area contributed by atoms with Crippen LogP contribution in [0.15, 0.2) is 40.2 Å². The third-order valence-electron chi connectivity index (χ3n) is 6.57. The summed E-state index contributed by atoms with van der Waals surface area (Å²) in [5, 5.41) is 2.90. The molecule has 1 N–H and O–H groups in total. The number of hydrogen-bond acceptors (Lipinski definition) is 5. The van der Waals surface area contributed by atoms with E-state index in [2.05, 4.69) is 50.7 Å². The molecule has 0 amide bonds. The van der Waals surface area contributed by atoms with Gasteiger partial charge in [0.2, 0.25) is 5.96 Å². The van der Waals surface area contributed by atoms with Crippen LogP contribution in [0.4, 0.5) is 20.3 Å². The van der Waals surface area contributed by atoms with E-state index in [0.29, 0.717) is 23.6 Å². The number of ether oxygens (including phenoxy) is 1. The molecule has 36 heavy (non-hydrogen) atoms. The summed E-state index contributed by atoms with van der Waals surface area (Å²) >= 11 is 0. The smallest absolute Gasteiger partial charge is 0.228 e. The lowest BCUT2D eigenvalue weighted by Gasteiger charge is -2.44. The number of benzene rings is 1. The highest BCUT2D eigenvalue weighted by molar-refractivity contribution is 5.94. The summed E-state index contributed by atoms with van der Waals surface area (Å²) < 4.78 is 36.2. The van der Waals surface area contributed by atoms with E-state index in [-0.39, 0.29) is 23.4 Å². The van der Waals surface area contributed by atoms with Gasteiger partial charge in [-0.1, -0.05) is 6.92 Å². The summed E-state index contributed by atoms with van der Waals surface area (Å²) in [5.74, 6) is -0.422. The maximum atomic E-state index is 15.4. The van der Waals surface area contributed by atoms with Crippen LogP contribution in [0.3, 0.4) is 0 Å². The van der Waals surface area contributed by atoms with Gasteiger partial charge in [0.25, 0.3) is 0 Å². The van der Waals surface area contributed by atoms with Crippen LogP contribution in [0.1, 0.15) is 57.7 Å². The summed E-state index contributed by atoms with van der Waals surface area (Å²) in [5.41, 5.74) is 2.69. The quantitative estimate of drug-likeness (QED) is 0.433. The van der Waals surface area contributed by atoms with Gasteiger partial charge in [0.05, 0.1) is 17.9 Å². The molecule has 0 fully saturated rings. The van der Waals surface area contributed by atoms with E-state index in [1.807, 2.05) is 27.0 Å². The maximum Gasteiger partial charge on any atom is 0.228 e. The first kappa shape index (κ1) is 25.8. The molecule has 3 heterocycles. The molecular formula is C27H34F2N6O. The Morgan fingerprint density at radius 1 is 1.28 bits per heavy atom. The summed E-state index contributed by atoms with van der Waals surface area (Å²) in [4.78, 5) is 17.0. The molecule has 0 aliphatic carbocycles. The van der Waals surface area contributed by atoms with Crippen molar-refractivity contribution in [2.24, 2.45) is 9.98 Å². The first-order valence-electron chi connectivity index (χ1n) is 12.2. The summed E-state index contributed by atoms with van der Waals surface area (Å²) in [6, 6.07) is 5.05. The van der Waals surface area contributed by atoms with Gasteiger partial charge in [0.15, 0.2) is 17.4 Å². The van der Waals surface area contributed by atoms with E-state index in [1.165, 1.54) is 13.0 Å². The lowest BCUT2D eigenvalue weighted by atomic mass is 10.00. The zero-order valence-electron chi connectivity index (χ0n) is 21.8. The molecule has 1 aromatic heterocycles. The Morgan fingerprint density at radius 2 is 2.00 bits per heavy atom. The van der Waals surface area contributed by atoms with Gasteiger partial charge in [-0.15, -0.1) is 0 Å². The zero-order valence-corrected chi connectivity index (χ0v) is 21.8. The zero-order chi connectivity index (χ0) is 26.2. The van der Waals surface area contributed by atoms with Crippen molar-refractivity contribution < 1.29 is 13.5 Å². The standard InChI is InChI=1S/C27H34F2N6O/c1-8-16(2)35-15-27(4,5)36-25-21(29)9-18(10-22(25)35)24(17(3)28)33-26(30-6)32-23-11-19-13-34(7)14-20(19)12-31-23/h9-12,16H,6,8,13-15H2,1-5,7H3,(H,31,32,33)/b24-17+. The fourth-order valence-electron chi connectivity index (χ4n) is 4.64. The van der Waals surface area contributed by atoms with Gasteiger partial charge >= 0.3 is 0 Å².